The van der Waals surface area contributed by atoms with Crippen molar-refractivity contribution in [2.24, 2.45) is 17.8 Å². The minimum absolute atomic E-state index is 0.348. The molecule has 2 nitrogen and oxygen atoms in total. The maximum absolute atomic E-state index is 8.96. The van der Waals surface area contributed by atoms with Crippen molar-refractivity contribution >= 4 is 0 Å². The molecule has 2 rings (SSSR count). The van der Waals surface area contributed by atoms with Crippen LogP contribution in [0.3, 0.4) is 0 Å². The molecule has 2 heteroatoms. The van der Waals surface area contributed by atoms with Gasteiger partial charge in [-0.1, -0.05) is 6.92 Å². The van der Waals surface area contributed by atoms with E-state index in [0.29, 0.717) is 18.1 Å². The first-order chi connectivity index (χ1) is 9.22. The minimum Gasteiger partial charge on any atom is -0.375 e. The lowest BCUT2D eigenvalue weighted by Gasteiger charge is -2.37. The number of rotatable bonds is 4. The standard InChI is InChI=1S/C17H29NO/c1-3-13(2)19-17-10-8-16(9-11-17)15-6-4-14(12-18)5-7-15/h13-17H,3-11H2,1-2H3. The summed E-state index contributed by atoms with van der Waals surface area (Å²) in [4.78, 5) is 0. The Morgan fingerprint density at radius 3 is 2.00 bits per heavy atom. The van der Waals surface area contributed by atoms with Gasteiger partial charge in [-0.15, -0.1) is 0 Å². The van der Waals surface area contributed by atoms with Crippen molar-refractivity contribution in [3.8, 4) is 6.07 Å². The van der Waals surface area contributed by atoms with Crippen LogP contribution < -0.4 is 0 Å². The number of hydrogen-bond acceptors (Lipinski definition) is 2. The Hall–Kier alpha value is -0.550. The first-order valence-corrected chi connectivity index (χ1v) is 8.28. The molecule has 108 valence electrons. The van der Waals surface area contributed by atoms with Crippen molar-refractivity contribution in [1.82, 2.24) is 0 Å². The van der Waals surface area contributed by atoms with E-state index in [1.54, 1.807) is 0 Å². The Balaban J connectivity index is 1.70. The lowest BCUT2D eigenvalue weighted by molar-refractivity contribution is -0.0353. The van der Waals surface area contributed by atoms with Gasteiger partial charge in [0.25, 0.3) is 0 Å². The maximum Gasteiger partial charge on any atom is 0.0655 e. The van der Waals surface area contributed by atoms with Crippen LogP contribution in [0, 0.1) is 29.1 Å². The zero-order valence-corrected chi connectivity index (χ0v) is 12.6. The monoisotopic (exact) mass is 263 g/mol. The first kappa shape index (κ1) is 14.9. The van der Waals surface area contributed by atoms with E-state index < -0.39 is 0 Å². The van der Waals surface area contributed by atoms with E-state index in [4.69, 9.17) is 10.00 Å². The molecular weight excluding hydrogens is 234 g/mol. The van der Waals surface area contributed by atoms with Crippen molar-refractivity contribution in [3.05, 3.63) is 0 Å². The van der Waals surface area contributed by atoms with Gasteiger partial charge in [-0.05, 0) is 76.5 Å². The third-order valence-corrected chi connectivity index (χ3v) is 5.34. The van der Waals surface area contributed by atoms with Gasteiger partial charge >= 0.3 is 0 Å². The van der Waals surface area contributed by atoms with Crippen LogP contribution >= 0.6 is 0 Å². The van der Waals surface area contributed by atoms with E-state index in [-0.39, 0.29) is 0 Å². The summed E-state index contributed by atoms with van der Waals surface area (Å²) >= 11 is 0. The highest BCUT2D eigenvalue weighted by Crippen LogP contribution is 2.40. The summed E-state index contributed by atoms with van der Waals surface area (Å²) in [5.74, 6) is 2.16. The molecule has 0 amide bonds. The highest BCUT2D eigenvalue weighted by atomic mass is 16.5. The minimum atomic E-state index is 0.348. The second-order valence-electron chi connectivity index (χ2n) is 6.63. The first-order valence-electron chi connectivity index (χ1n) is 8.28. The van der Waals surface area contributed by atoms with Gasteiger partial charge < -0.3 is 4.74 Å². The van der Waals surface area contributed by atoms with Gasteiger partial charge in [-0.2, -0.15) is 5.26 Å². The van der Waals surface area contributed by atoms with Crippen LogP contribution in [0.15, 0.2) is 0 Å². The fourth-order valence-corrected chi connectivity index (χ4v) is 3.84. The Bertz CT molecular complexity index is 293. The summed E-state index contributed by atoms with van der Waals surface area (Å²) in [5.41, 5.74) is 0. The van der Waals surface area contributed by atoms with Gasteiger partial charge in [0.15, 0.2) is 0 Å². The van der Waals surface area contributed by atoms with Gasteiger partial charge in [0.1, 0.15) is 0 Å². The highest BCUT2D eigenvalue weighted by Gasteiger charge is 2.31. The number of nitriles is 1. The van der Waals surface area contributed by atoms with Crippen LogP contribution in [-0.2, 0) is 4.74 Å². The fraction of sp³-hybridized carbons (Fsp3) is 0.941. The zero-order valence-electron chi connectivity index (χ0n) is 12.6. The van der Waals surface area contributed by atoms with Gasteiger partial charge in [0, 0.05) is 5.92 Å². The van der Waals surface area contributed by atoms with Crippen molar-refractivity contribution in [2.75, 3.05) is 0 Å². The molecule has 1 atom stereocenters. The summed E-state index contributed by atoms with van der Waals surface area (Å²) in [5, 5.41) is 8.96. The zero-order chi connectivity index (χ0) is 13.7. The molecule has 2 aliphatic rings. The van der Waals surface area contributed by atoms with E-state index in [0.717, 1.165) is 31.1 Å². The summed E-state index contributed by atoms with van der Waals surface area (Å²) in [7, 11) is 0. The van der Waals surface area contributed by atoms with Gasteiger partial charge in [0.05, 0.1) is 18.3 Å². The average Bonchev–Trinajstić information content (AvgIpc) is 2.48. The molecule has 0 N–H and O–H groups in total. The molecule has 1 unspecified atom stereocenters. The van der Waals surface area contributed by atoms with E-state index in [2.05, 4.69) is 19.9 Å². The molecule has 0 aliphatic heterocycles. The van der Waals surface area contributed by atoms with Crippen LogP contribution in [0.5, 0.6) is 0 Å². The molecule has 0 aromatic rings. The quantitative estimate of drug-likeness (QED) is 0.737. The molecule has 2 saturated carbocycles. The van der Waals surface area contributed by atoms with Crippen molar-refractivity contribution in [3.63, 3.8) is 0 Å². The van der Waals surface area contributed by atoms with Crippen LogP contribution in [0.2, 0.25) is 0 Å². The Morgan fingerprint density at radius 2 is 1.53 bits per heavy atom. The van der Waals surface area contributed by atoms with E-state index in [1.165, 1.54) is 38.5 Å². The molecule has 0 saturated heterocycles. The predicted molar refractivity (Wildman–Crippen MR) is 77.6 cm³/mol. The molecule has 2 aliphatic carbocycles. The molecular formula is C17H29NO. The summed E-state index contributed by atoms with van der Waals surface area (Å²) < 4.78 is 6.07. The van der Waals surface area contributed by atoms with Crippen molar-refractivity contribution in [1.29, 1.82) is 5.26 Å². The second kappa shape index (κ2) is 7.29. The van der Waals surface area contributed by atoms with Crippen LogP contribution in [0.25, 0.3) is 0 Å². The molecule has 0 bridgehead atoms. The topological polar surface area (TPSA) is 33.0 Å². The molecule has 19 heavy (non-hydrogen) atoms. The van der Waals surface area contributed by atoms with E-state index >= 15 is 0 Å². The SMILES string of the molecule is CCC(C)OC1CCC(C2CCC(C#N)CC2)CC1. The summed E-state index contributed by atoms with van der Waals surface area (Å²) in [6.07, 6.45) is 12.1. The summed E-state index contributed by atoms with van der Waals surface area (Å²) in [6, 6.07) is 2.44. The normalized spacial score (nSPS) is 37.5. The lowest BCUT2D eigenvalue weighted by atomic mass is 9.71. The van der Waals surface area contributed by atoms with E-state index in [9.17, 15) is 0 Å². The van der Waals surface area contributed by atoms with Crippen LogP contribution in [-0.4, -0.2) is 12.2 Å². The lowest BCUT2D eigenvalue weighted by Crippen LogP contribution is -2.30. The third-order valence-electron chi connectivity index (χ3n) is 5.34. The number of hydrogen-bond donors (Lipinski definition) is 0. The molecule has 2 fully saturated rings. The molecule has 0 spiro atoms. The highest BCUT2D eigenvalue weighted by molar-refractivity contribution is 4.89. The summed E-state index contributed by atoms with van der Waals surface area (Å²) in [6.45, 7) is 4.39. The van der Waals surface area contributed by atoms with E-state index in [1.807, 2.05) is 0 Å². The number of nitrogens with zero attached hydrogens (tertiary/aromatic N) is 1. The van der Waals surface area contributed by atoms with Gasteiger partial charge in [-0.3, -0.25) is 0 Å². The largest absolute Gasteiger partial charge is 0.375 e. The molecule has 0 heterocycles. The fourth-order valence-electron chi connectivity index (χ4n) is 3.84. The molecule has 0 aromatic carbocycles. The van der Waals surface area contributed by atoms with Crippen molar-refractivity contribution < 1.29 is 4.74 Å². The average molecular weight is 263 g/mol. The van der Waals surface area contributed by atoms with Gasteiger partial charge in [0.2, 0.25) is 0 Å². The second-order valence-corrected chi connectivity index (χ2v) is 6.63. The van der Waals surface area contributed by atoms with Crippen molar-refractivity contribution in [2.45, 2.75) is 83.8 Å². The smallest absolute Gasteiger partial charge is 0.0655 e. The molecule has 0 aromatic heterocycles. The Morgan fingerprint density at radius 1 is 1.00 bits per heavy atom. The Kier molecular flexibility index (Phi) is 5.70. The van der Waals surface area contributed by atoms with Crippen LogP contribution in [0.1, 0.15) is 71.6 Å². The van der Waals surface area contributed by atoms with Gasteiger partial charge in [-0.25, -0.2) is 0 Å². The van der Waals surface area contributed by atoms with Crippen LogP contribution in [0.4, 0.5) is 0 Å². The number of ether oxygens (including phenoxy) is 1. The molecule has 0 radical (unpaired) electrons. The Labute approximate surface area is 118 Å². The maximum atomic E-state index is 8.96. The predicted octanol–water partition coefficient (Wildman–Crippen LogP) is 4.69. The third kappa shape index (κ3) is 4.21.